The van der Waals surface area contributed by atoms with E-state index in [-0.39, 0.29) is 24.0 Å². The summed E-state index contributed by atoms with van der Waals surface area (Å²) >= 11 is 0. The summed E-state index contributed by atoms with van der Waals surface area (Å²) in [6.07, 6.45) is 2.95. The molecule has 3 aliphatic heterocycles. The molecule has 0 unspecified atom stereocenters. The predicted molar refractivity (Wildman–Crippen MR) is 88.5 cm³/mol. The van der Waals surface area contributed by atoms with Crippen molar-refractivity contribution < 1.29 is 19.4 Å². The second-order valence-electron chi connectivity index (χ2n) is 6.96. The van der Waals surface area contributed by atoms with Crippen LogP contribution in [0, 0.1) is 5.41 Å². The Hall–Kier alpha value is -1.79. The van der Waals surface area contributed by atoms with Crippen LogP contribution in [0.1, 0.15) is 29.6 Å². The number of aliphatic hydroxyl groups excluding tert-OH is 1. The SMILES string of the molecule is O=C(c1cccc2c1OCCO2)N1CC[C@@]2(CO)CCCN[C@@H]2C1. The highest BCUT2D eigenvalue weighted by Crippen LogP contribution is 2.40. The first-order chi connectivity index (χ1) is 11.7. The number of rotatable bonds is 2. The van der Waals surface area contributed by atoms with Gasteiger partial charge in [0.2, 0.25) is 0 Å². The fourth-order valence-corrected chi connectivity index (χ4v) is 4.20. The average molecular weight is 332 g/mol. The molecule has 0 bridgehead atoms. The first-order valence-corrected chi connectivity index (χ1v) is 8.76. The zero-order valence-corrected chi connectivity index (χ0v) is 13.8. The number of nitrogens with one attached hydrogen (secondary N) is 1. The molecule has 6 heteroatoms. The number of nitrogens with zero attached hydrogens (tertiary/aromatic N) is 1. The first kappa shape index (κ1) is 15.7. The molecule has 24 heavy (non-hydrogen) atoms. The number of amides is 1. The van der Waals surface area contributed by atoms with Gasteiger partial charge in [0, 0.05) is 24.5 Å². The topological polar surface area (TPSA) is 71.0 Å². The van der Waals surface area contributed by atoms with Crippen LogP contribution in [0.25, 0.3) is 0 Å². The van der Waals surface area contributed by atoms with E-state index in [0.29, 0.717) is 43.4 Å². The number of ether oxygens (including phenoxy) is 2. The van der Waals surface area contributed by atoms with Gasteiger partial charge in [0.15, 0.2) is 11.5 Å². The van der Waals surface area contributed by atoms with E-state index in [0.717, 1.165) is 25.8 Å². The number of carbonyl (C=O) groups is 1. The summed E-state index contributed by atoms with van der Waals surface area (Å²) in [5.74, 6) is 1.19. The van der Waals surface area contributed by atoms with E-state index in [4.69, 9.17) is 9.47 Å². The molecule has 4 rings (SSSR count). The third-order valence-corrected chi connectivity index (χ3v) is 5.66. The number of fused-ring (bicyclic) bond motifs is 2. The van der Waals surface area contributed by atoms with Crippen molar-refractivity contribution in [1.29, 1.82) is 0 Å². The van der Waals surface area contributed by atoms with Gasteiger partial charge in [-0.15, -0.1) is 0 Å². The Bertz CT molecular complexity index is 635. The third-order valence-electron chi connectivity index (χ3n) is 5.66. The van der Waals surface area contributed by atoms with Crippen LogP contribution in [-0.2, 0) is 0 Å². The molecule has 2 atom stereocenters. The predicted octanol–water partition coefficient (Wildman–Crippen LogP) is 1.03. The van der Waals surface area contributed by atoms with Gasteiger partial charge in [-0.3, -0.25) is 4.79 Å². The molecule has 3 heterocycles. The molecule has 3 aliphatic rings. The Labute approximate surface area is 141 Å². The first-order valence-electron chi connectivity index (χ1n) is 8.76. The lowest BCUT2D eigenvalue weighted by Crippen LogP contribution is -2.62. The number of piperidine rings is 2. The summed E-state index contributed by atoms with van der Waals surface area (Å²) in [7, 11) is 0. The fourth-order valence-electron chi connectivity index (χ4n) is 4.20. The molecule has 2 saturated heterocycles. The highest BCUT2D eigenvalue weighted by Gasteiger charge is 2.45. The highest BCUT2D eigenvalue weighted by molar-refractivity contribution is 5.98. The van der Waals surface area contributed by atoms with Gasteiger partial charge < -0.3 is 24.8 Å². The van der Waals surface area contributed by atoms with E-state index in [1.807, 2.05) is 17.0 Å². The fraction of sp³-hybridized carbons (Fsp3) is 0.611. The molecule has 1 aromatic rings. The van der Waals surface area contributed by atoms with Crippen molar-refractivity contribution in [2.45, 2.75) is 25.3 Å². The molecule has 2 fully saturated rings. The van der Waals surface area contributed by atoms with Crippen molar-refractivity contribution in [3.05, 3.63) is 23.8 Å². The smallest absolute Gasteiger partial charge is 0.257 e. The number of para-hydroxylation sites is 1. The monoisotopic (exact) mass is 332 g/mol. The summed E-state index contributed by atoms with van der Waals surface area (Å²) in [5.41, 5.74) is 0.490. The minimum absolute atomic E-state index is 0.0173. The molecule has 0 aliphatic carbocycles. The van der Waals surface area contributed by atoms with Crippen LogP contribution in [0.3, 0.4) is 0 Å². The molecule has 130 valence electrons. The standard InChI is InChI=1S/C18H24N2O4/c21-12-18-5-2-7-19-15(18)11-20(8-6-18)17(22)13-3-1-4-14-16(13)24-10-9-23-14/h1,3-4,15,19,21H,2,5-12H2/t15-,18-/m1/s1. The lowest BCUT2D eigenvalue weighted by molar-refractivity contribution is -0.00898. The lowest BCUT2D eigenvalue weighted by atomic mass is 9.70. The van der Waals surface area contributed by atoms with Crippen molar-refractivity contribution in [3.8, 4) is 11.5 Å². The maximum Gasteiger partial charge on any atom is 0.257 e. The van der Waals surface area contributed by atoms with Gasteiger partial charge in [-0.05, 0) is 37.9 Å². The Morgan fingerprint density at radius 1 is 1.33 bits per heavy atom. The van der Waals surface area contributed by atoms with Crippen LogP contribution in [0.5, 0.6) is 11.5 Å². The second kappa shape index (κ2) is 6.26. The number of carbonyl (C=O) groups excluding carboxylic acids is 1. The highest BCUT2D eigenvalue weighted by atomic mass is 16.6. The van der Waals surface area contributed by atoms with Crippen LogP contribution in [0.4, 0.5) is 0 Å². The largest absolute Gasteiger partial charge is 0.486 e. The molecular weight excluding hydrogens is 308 g/mol. The van der Waals surface area contributed by atoms with Gasteiger partial charge >= 0.3 is 0 Å². The summed E-state index contributed by atoms with van der Waals surface area (Å²) in [6, 6.07) is 5.63. The Morgan fingerprint density at radius 3 is 3.08 bits per heavy atom. The van der Waals surface area contributed by atoms with Crippen LogP contribution in [0.2, 0.25) is 0 Å². The van der Waals surface area contributed by atoms with E-state index >= 15 is 0 Å². The Kier molecular flexibility index (Phi) is 4.10. The minimum atomic E-state index is -0.0786. The van der Waals surface area contributed by atoms with Gasteiger partial charge in [-0.25, -0.2) is 0 Å². The Morgan fingerprint density at radius 2 is 2.21 bits per heavy atom. The van der Waals surface area contributed by atoms with Crippen molar-refractivity contribution >= 4 is 5.91 Å². The molecule has 6 nitrogen and oxygen atoms in total. The van der Waals surface area contributed by atoms with E-state index in [1.54, 1.807) is 6.07 Å². The van der Waals surface area contributed by atoms with Gasteiger partial charge in [0.25, 0.3) is 5.91 Å². The average Bonchev–Trinajstić information content (AvgIpc) is 2.66. The summed E-state index contributed by atoms with van der Waals surface area (Å²) in [5, 5.41) is 13.4. The van der Waals surface area contributed by atoms with Crippen molar-refractivity contribution in [1.82, 2.24) is 10.2 Å². The number of aliphatic hydroxyl groups is 1. The number of benzene rings is 1. The normalized spacial score (nSPS) is 29.0. The van der Waals surface area contributed by atoms with Gasteiger partial charge in [0.05, 0.1) is 12.2 Å². The van der Waals surface area contributed by atoms with Crippen molar-refractivity contribution in [2.75, 3.05) is 39.5 Å². The van der Waals surface area contributed by atoms with Gasteiger partial charge in [0.1, 0.15) is 13.2 Å². The molecule has 0 saturated carbocycles. The van der Waals surface area contributed by atoms with Crippen LogP contribution in [-0.4, -0.2) is 61.4 Å². The molecule has 0 radical (unpaired) electrons. The second-order valence-corrected chi connectivity index (χ2v) is 6.96. The van der Waals surface area contributed by atoms with E-state index in [2.05, 4.69) is 5.32 Å². The van der Waals surface area contributed by atoms with E-state index in [9.17, 15) is 9.90 Å². The van der Waals surface area contributed by atoms with Crippen molar-refractivity contribution in [3.63, 3.8) is 0 Å². The maximum atomic E-state index is 13.0. The number of hydrogen-bond donors (Lipinski definition) is 2. The van der Waals surface area contributed by atoms with Crippen LogP contribution >= 0.6 is 0 Å². The van der Waals surface area contributed by atoms with Gasteiger partial charge in [-0.2, -0.15) is 0 Å². The number of likely N-dealkylation sites (tertiary alicyclic amines) is 1. The minimum Gasteiger partial charge on any atom is -0.486 e. The molecule has 0 spiro atoms. The maximum absolute atomic E-state index is 13.0. The van der Waals surface area contributed by atoms with Crippen LogP contribution in [0.15, 0.2) is 18.2 Å². The summed E-state index contributed by atoms with van der Waals surface area (Å²) in [6.45, 7) is 3.41. The van der Waals surface area contributed by atoms with Crippen molar-refractivity contribution in [2.24, 2.45) is 5.41 Å². The molecule has 1 amide bonds. The zero-order valence-electron chi connectivity index (χ0n) is 13.8. The van der Waals surface area contributed by atoms with E-state index in [1.165, 1.54) is 0 Å². The summed E-state index contributed by atoms with van der Waals surface area (Å²) in [4.78, 5) is 14.9. The van der Waals surface area contributed by atoms with Gasteiger partial charge in [-0.1, -0.05) is 6.07 Å². The lowest BCUT2D eigenvalue weighted by Gasteiger charge is -2.50. The number of hydrogen-bond acceptors (Lipinski definition) is 5. The molecule has 2 N–H and O–H groups in total. The van der Waals surface area contributed by atoms with Crippen LogP contribution < -0.4 is 14.8 Å². The van der Waals surface area contributed by atoms with E-state index < -0.39 is 0 Å². The molecule has 1 aromatic carbocycles. The molecule has 0 aromatic heterocycles. The summed E-state index contributed by atoms with van der Waals surface area (Å²) < 4.78 is 11.3. The Balaban J connectivity index is 1.56. The quantitative estimate of drug-likeness (QED) is 0.847. The molecular formula is C18H24N2O4. The zero-order chi connectivity index (χ0) is 16.6. The third kappa shape index (κ3) is 2.54.